The number of ether oxygens (including phenoxy) is 3. The summed E-state index contributed by atoms with van der Waals surface area (Å²) < 4.78 is 21.2. The second-order valence-electron chi connectivity index (χ2n) is 4.10. The number of nitrogens with zero attached hydrogens (tertiary/aromatic N) is 1. The van der Waals surface area contributed by atoms with Gasteiger partial charge >= 0.3 is 0 Å². The molecule has 0 bridgehead atoms. The first kappa shape index (κ1) is 14.2. The smallest absolute Gasteiger partial charge is 0.203 e. The maximum Gasteiger partial charge on any atom is 0.203 e. The average molecular weight is 278 g/mol. The van der Waals surface area contributed by atoms with Crippen LogP contribution < -0.4 is 19.9 Å². The molecule has 0 amide bonds. The zero-order chi connectivity index (χ0) is 14.5. The van der Waals surface area contributed by atoms with E-state index < -0.39 is 0 Å². The van der Waals surface area contributed by atoms with Gasteiger partial charge in [-0.25, -0.2) is 0 Å². The van der Waals surface area contributed by atoms with E-state index in [1.807, 2.05) is 12.1 Å². The molecule has 0 saturated carbocycles. The number of hydrogen-bond acceptors (Lipinski definition) is 6. The molecule has 6 nitrogen and oxygen atoms in total. The third-order valence-electron chi connectivity index (χ3n) is 2.93. The highest BCUT2D eigenvalue weighted by atomic mass is 16.5. The fraction of sp³-hybridized carbons (Fsp3) is 0.357. The van der Waals surface area contributed by atoms with Crippen LogP contribution in [-0.2, 0) is 6.42 Å². The SMILES string of the molecule is COc1ccc(-c2cc(CCN)on2)c(OC)c1OC. The molecule has 108 valence electrons. The molecular formula is C14H18N2O4. The van der Waals surface area contributed by atoms with Crippen LogP contribution in [0.1, 0.15) is 5.76 Å². The summed E-state index contributed by atoms with van der Waals surface area (Å²) in [5, 5.41) is 4.04. The van der Waals surface area contributed by atoms with E-state index in [1.165, 1.54) is 0 Å². The summed E-state index contributed by atoms with van der Waals surface area (Å²) in [4.78, 5) is 0. The first-order chi connectivity index (χ1) is 9.74. The van der Waals surface area contributed by atoms with Crippen molar-refractivity contribution in [3.8, 4) is 28.5 Å². The van der Waals surface area contributed by atoms with Gasteiger partial charge in [0.25, 0.3) is 0 Å². The van der Waals surface area contributed by atoms with E-state index in [9.17, 15) is 0 Å². The van der Waals surface area contributed by atoms with Crippen LogP contribution in [0.2, 0.25) is 0 Å². The van der Waals surface area contributed by atoms with Gasteiger partial charge in [0.2, 0.25) is 5.75 Å². The summed E-state index contributed by atoms with van der Waals surface area (Å²) in [5.74, 6) is 2.41. The van der Waals surface area contributed by atoms with Crippen molar-refractivity contribution >= 4 is 0 Å². The van der Waals surface area contributed by atoms with E-state index in [4.69, 9.17) is 24.5 Å². The fourth-order valence-electron chi connectivity index (χ4n) is 2.00. The van der Waals surface area contributed by atoms with Gasteiger partial charge in [-0.2, -0.15) is 0 Å². The lowest BCUT2D eigenvalue weighted by Crippen LogP contribution is -2.01. The molecule has 0 radical (unpaired) electrons. The molecule has 0 spiro atoms. The monoisotopic (exact) mass is 278 g/mol. The van der Waals surface area contributed by atoms with E-state index in [2.05, 4.69) is 5.16 Å². The lowest BCUT2D eigenvalue weighted by Gasteiger charge is -2.14. The highest BCUT2D eigenvalue weighted by Gasteiger charge is 2.19. The summed E-state index contributed by atoms with van der Waals surface area (Å²) in [6, 6.07) is 5.49. The van der Waals surface area contributed by atoms with Crippen molar-refractivity contribution in [1.82, 2.24) is 5.16 Å². The fourth-order valence-corrected chi connectivity index (χ4v) is 2.00. The first-order valence-corrected chi connectivity index (χ1v) is 6.20. The molecule has 0 aliphatic carbocycles. The summed E-state index contributed by atoms with van der Waals surface area (Å²) in [6.07, 6.45) is 0.641. The summed E-state index contributed by atoms with van der Waals surface area (Å²) in [6.45, 7) is 0.512. The molecule has 0 fully saturated rings. The van der Waals surface area contributed by atoms with E-state index in [0.29, 0.717) is 35.9 Å². The Morgan fingerprint density at radius 1 is 1.10 bits per heavy atom. The van der Waals surface area contributed by atoms with Gasteiger partial charge in [0.05, 0.1) is 21.3 Å². The van der Waals surface area contributed by atoms with Crippen LogP contribution in [0, 0.1) is 0 Å². The van der Waals surface area contributed by atoms with Crippen LogP contribution in [0.4, 0.5) is 0 Å². The number of aromatic nitrogens is 1. The normalized spacial score (nSPS) is 10.4. The Bertz CT molecular complexity index is 581. The predicted octanol–water partition coefficient (Wildman–Crippen LogP) is 1.87. The van der Waals surface area contributed by atoms with Gasteiger partial charge < -0.3 is 24.5 Å². The van der Waals surface area contributed by atoms with Crippen molar-refractivity contribution in [1.29, 1.82) is 0 Å². The van der Waals surface area contributed by atoms with Gasteiger partial charge in [-0.3, -0.25) is 0 Å². The Kier molecular flexibility index (Phi) is 4.47. The highest BCUT2D eigenvalue weighted by molar-refractivity contribution is 5.74. The second-order valence-corrected chi connectivity index (χ2v) is 4.10. The molecule has 1 aromatic heterocycles. The minimum atomic E-state index is 0.512. The summed E-state index contributed by atoms with van der Waals surface area (Å²) in [5.41, 5.74) is 6.95. The minimum Gasteiger partial charge on any atom is -0.493 e. The molecule has 0 unspecified atom stereocenters. The minimum absolute atomic E-state index is 0.512. The Labute approximate surface area is 117 Å². The van der Waals surface area contributed by atoms with Gasteiger partial charge in [0.15, 0.2) is 11.5 Å². The summed E-state index contributed by atoms with van der Waals surface area (Å²) >= 11 is 0. The Morgan fingerprint density at radius 3 is 2.45 bits per heavy atom. The zero-order valence-electron chi connectivity index (χ0n) is 11.8. The highest BCUT2D eigenvalue weighted by Crippen LogP contribution is 2.43. The summed E-state index contributed by atoms with van der Waals surface area (Å²) in [7, 11) is 4.71. The molecule has 1 aromatic carbocycles. The molecule has 0 atom stereocenters. The van der Waals surface area contributed by atoms with Crippen molar-refractivity contribution in [3.63, 3.8) is 0 Å². The molecule has 2 N–H and O–H groups in total. The predicted molar refractivity (Wildman–Crippen MR) is 74.4 cm³/mol. The van der Waals surface area contributed by atoms with Crippen LogP contribution in [0.25, 0.3) is 11.3 Å². The van der Waals surface area contributed by atoms with Crippen molar-refractivity contribution in [3.05, 3.63) is 24.0 Å². The molecule has 0 aliphatic rings. The van der Waals surface area contributed by atoms with Gasteiger partial charge in [0.1, 0.15) is 11.5 Å². The van der Waals surface area contributed by atoms with Crippen molar-refractivity contribution in [2.45, 2.75) is 6.42 Å². The van der Waals surface area contributed by atoms with Gasteiger partial charge in [0, 0.05) is 18.1 Å². The Morgan fingerprint density at radius 2 is 1.85 bits per heavy atom. The van der Waals surface area contributed by atoms with Crippen molar-refractivity contribution in [2.24, 2.45) is 5.73 Å². The van der Waals surface area contributed by atoms with Crippen LogP contribution in [-0.4, -0.2) is 33.0 Å². The lowest BCUT2D eigenvalue weighted by molar-refractivity contribution is 0.325. The number of rotatable bonds is 6. The van der Waals surface area contributed by atoms with Gasteiger partial charge in [-0.15, -0.1) is 0 Å². The van der Waals surface area contributed by atoms with Gasteiger partial charge in [-0.05, 0) is 18.7 Å². The largest absolute Gasteiger partial charge is 0.493 e. The Balaban J connectivity index is 2.49. The standard InChI is InChI=1S/C14H18N2O4/c1-17-12-5-4-10(13(18-2)14(12)19-3)11-8-9(6-7-15)20-16-11/h4-5,8H,6-7,15H2,1-3H3. The number of benzene rings is 1. The van der Waals surface area contributed by atoms with Crippen molar-refractivity contribution in [2.75, 3.05) is 27.9 Å². The van der Waals surface area contributed by atoms with Crippen LogP contribution >= 0.6 is 0 Å². The maximum absolute atomic E-state index is 5.50. The average Bonchev–Trinajstić information content (AvgIpc) is 2.94. The van der Waals surface area contributed by atoms with E-state index in [-0.39, 0.29) is 0 Å². The van der Waals surface area contributed by atoms with Gasteiger partial charge in [-0.1, -0.05) is 5.16 Å². The number of methoxy groups -OCH3 is 3. The number of nitrogens with two attached hydrogens (primary N) is 1. The molecule has 0 saturated heterocycles. The molecule has 0 aliphatic heterocycles. The molecule has 2 aromatic rings. The quantitative estimate of drug-likeness (QED) is 0.869. The molecule has 1 heterocycles. The molecular weight excluding hydrogens is 260 g/mol. The molecule has 6 heteroatoms. The van der Waals surface area contributed by atoms with Crippen LogP contribution in [0.15, 0.2) is 22.7 Å². The van der Waals surface area contributed by atoms with E-state index >= 15 is 0 Å². The van der Waals surface area contributed by atoms with Crippen molar-refractivity contribution < 1.29 is 18.7 Å². The first-order valence-electron chi connectivity index (χ1n) is 6.20. The van der Waals surface area contributed by atoms with E-state index in [1.54, 1.807) is 27.4 Å². The maximum atomic E-state index is 5.50. The lowest BCUT2D eigenvalue weighted by atomic mass is 10.1. The third kappa shape index (κ3) is 2.55. The zero-order valence-corrected chi connectivity index (χ0v) is 11.8. The third-order valence-corrected chi connectivity index (χ3v) is 2.93. The number of hydrogen-bond donors (Lipinski definition) is 1. The topological polar surface area (TPSA) is 79.7 Å². The van der Waals surface area contributed by atoms with Crippen LogP contribution in [0.3, 0.4) is 0 Å². The van der Waals surface area contributed by atoms with E-state index in [0.717, 1.165) is 11.3 Å². The molecule has 2 rings (SSSR count). The second kappa shape index (κ2) is 6.29. The Hall–Kier alpha value is -2.21. The molecule has 20 heavy (non-hydrogen) atoms. The van der Waals surface area contributed by atoms with Crippen LogP contribution in [0.5, 0.6) is 17.2 Å².